The van der Waals surface area contributed by atoms with Gasteiger partial charge in [0.2, 0.25) is 0 Å². The minimum Gasteiger partial charge on any atom is -0.465 e. The van der Waals surface area contributed by atoms with Crippen molar-refractivity contribution >= 4 is 11.7 Å². The van der Waals surface area contributed by atoms with E-state index in [2.05, 4.69) is 14.8 Å². The lowest BCUT2D eigenvalue weighted by Crippen LogP contribution is -2.11. The van der Waals surface area contributed by atoms with Gasteiger partial charge in [-0.05, 0) is 19.1 Å². The average molecular weight is 232 g/mol. The molecule has 2 aromatic heterocycles. The molecule has 0 aliphatic carbocycles. The summed E-state index contributed by atoms with van der Waals surface area (Å²) in [5.74, 6) is -0.0731. The maximum absolute atomic E-state index is 11.5. The van der Waals surface area contributed by atoms with Crippen LogP contribution in [0.3, 0.4) is 0 Å². The number of hydrogen-bond donors (Lipinski definition) is 1. The van der Waals surface area contributed by atoms with Gasteiger partial charge in [0.15, 0.2) is 5.82 Å². The molecule has 2 rings (SSSR count). The molecular formula is C11H12N4O2. The Labute approximate surface area is 98.0 Å². The van der Waals surface area contributed by atoms with E-state index in [-0.39, 0.29) is 11.3 Å². The summed E-state index contributed by atoms with van der Waals surface area (Å²) in [5, 5.41) is 4.19. The van der Waals surface area contributed by atoms with Gasteiger partial charge >= 0.3 is 5.97 Å². The van der Waals surface area contributed by atoms with Gasteiger partial charge in [-0.15, -0.1) is 0 Å². The predicted molar refractivity (Wildman–Crippen MR) is 61.8 cm³/mol. The largest absolute Gasteiger partial charge is 0.465 e. The Kier molecular flexibility index (Phi) is 2.78. The van der Waals surface area contributed by atoms with E-state index in [0.29, 0.717) is 5.82 Å². The van der Waals surface area contributed by atoms with Crippen LogP contribution in [0, 0.1) is 6.92 Å². The summed E-state index contributed by atoms with van der Waals surface area (Å²) >= 11 is 0. The van der Waals surface area contributed by atoms with Crippen molar-refractivity contribution in [3.63, 3.8) is 0 Å². The van der Waals surface area contributed by atoms with E-state index in [1.165, 1.54) is 24.1 Å². The molecule has 0 atom stereocenters. The Hall–Kier alpha value is -2.37. The molecule has 0 fully saturated rings. The molecule has 0 aliphatic rings. The second-order valence-electron chi connectivity index (χ2n) is 3.49. The van der Waals surface area contributed by atoms with E-state index >= 15 is 0 Å². The number of nitrogens with zero attached hydrogens (tertiary/aromatic N) is 3. The summed E-state index contributed by atoms with van der Waals surface area (Å²) in [5.41, 5.74) is 7.25. The summed E-state index contributed by atoms with van der Waals surface area (Å²) in [7, 11) is 1.31. The van der Waals surface area contributed by atoms with Crippen molar-refractivity contribution in [2.45, 2.75) is 6.92 Å². The van der Waals surface area contributed by atoms with Gasteiger partial charge in [0.1, 0.15) is 0 Å². The number of methoxy groups -OCH3 is 1. The summed E-state index contributed by atoms with van der Waals surface area (Å²) in [4.78, 5) is 15.6. The minimum absolute atomic E-state index is 0.252. The van der Waals surface area contributed by atoms with Crippen LogP contribution < -0.4 is 5.73 Å². The SMILES string of the molecule is COC(=O)c1ccnc(-n2ccc(C)n2)c1N. The number of carbonyl (C=O) groups excluding carboxylic acids is 1. The van der Waals surface area contributed by atoms with Crippen LogP contribution in [-0.2, 0) is 4.74 Å². The molecule has 0 amide bonds. The Morgan fingerprint density at radius 3 is 2.82 bits per heavy atom. The highest BCUT2D eigenvalue weighted by atomic mass is 16.5. The van der Waals surface area contributed by atoms with Crippen LogP contribution in [0.15, 0.2) is 24.5 Å². The van der Waals surface area contributed by atoms with Crippen LogP contribution in [0.25, 0.3) is 5.82 Å². The molecule has 6 nitrogen and oxygen atoms in total. The summed E-state index contributed by atoms with van der Waals surface area (Å²) in [6, 6.07) is 3.34. The van der Waals surface area contributed by atoms with Gasteiger partial charge in [0, 0.05) is 12.4 Å². The van der Waals surface area contributed by atoms with E-state index in [4.69, 9.17) is 5.73 Å². The standard InChI is InChI=1S/C11H12N4O2/c1-7-4-6-15(14-7)10-9(12)8(3-5-13-10)11(16)17-2/h3-6H,12H2,1-2H3. The van der Waals surface area contributed by atoms with Crippen LogP contribution in [0.1, 0.15) is 16.1 Å². The molecule has 88 valence electrons. The van der Waals surface area contributed by atoms with Crippen molar-refractivity contribution in [3.05, 3.63) is 35.8 Å². The lowest BCUT2D eigenvalue weighted by atomic mass is 10.2. The van der Waals surface area contributed by atoms with Crippen molar-refractivity contribution in [1.82, 2.24) is 14.8 Å². The van der Waals surface area contributed by atoms with Crippen molar-refractivity contribution in [1.29, 1.82) is 0 Å². The smallest absolute Gasteiger partial charge is 0.340 e. The van der Waals surface area contributed by atoms with Gasteiger partial charge in [0.25, 0.3) is 0 Å². The number of hydrogen-bond acceptors (Lipinski definition) is 5. The monoisotopic (exact) mass is 232 g/mol. The molecular weight excluding hydrogens is 220 g/mol. The van der Waals surface area contributed by atoms with Crippen molar-refractivity contribution in [2.24, 2.45) is 0 Å². The van der Waals surface area contributed by atoms with Crippen molar-refractivity contribution in [2.75, 3.05) is 12.8 Å². The Balaban J connectivity index is 2.53. The molecule has 0 saturated carbocycles. The molecule has 0 bridgehead atoms. The summed E-state index contributed by atoms with van der Waals surface area (Å²) in [6.45, 7) is 1.86. The average Bonchev–Trinajstić information content (AvgIpc) is 2.75. The molecule has 0 spiro atoms. The van der Waals surface area contributed by atoms with E-state index in [0.717, 1.165) is 5.69 Å². The van der Waals surface area contributed by atoms with Gasteiger partial charge in [-0.3, -0.25) is 0 Å². The first-order chi connectivity index (χ1) is 8.13. The summed E-state index contributed by atoms with van der Waals surface area (Å²) < 4.78 is 6.16. The molecule has 0 aromatic carbocycles. The molecule has 2 N–H and O–H groups in total. The molecule has 0 aliphatic heterocycles. The first-order valence-electron chi connectivity index (χ1n) is 4.99. The van der Waals surface area contributed by atoms with Gasteiger partial charge in [-0.1, -0.05) is 0 Å². The van der Waals surface area contributed by atoms with E-state index in [1.807, 2.05) is 13.0 Å². The molecule has 0 radical (unpaired) electrons. The lowest BCUT2D eigenvalue weighted by molar-refractivity contribution is 0.0602. The fourth-order valence-electron chi connectivity index (χ4n) is 1.47. The molecule has 0 unspecified atom stereocenters. The third-order valence-electron chi connectivity index (χ3n) is 2.31. The van der Waals surface area contributed by atoms with Gasteiger partial charge in [-0.25, -0.2) is 14.5 Å². The Morgan fingerprint density at radius 2 is 2.24 bits per heavy atom. The third kappa shape index (κ3) is 1.96. The quantitative estimate of drug-likeness (QED) is 0.779. The number of ether oxygens (including phenoxy) is 1. The highest BCUT2D eigenvalue weighted by molar-refractivity contribution is 5.96. The number of esters is 1. The van der Waals surface area contributed by atoms with Crippen LogP contribution in [-0.4, -0.2) is 27.8 Å². The summed E-state index contributed by atoms with van der Waals surface area (Å²) in [6.07, 6.45) is 3.23. The second-order valence-corrected chi connectivity index (χ2v) is 3.49. The van der Waals surface area contributed by atoms with Gasteiger partial charge < -0.3 is 10.5 Å². The van der Waals surface area contributed by atoms with E-state index < -0.39 is 5.97 Å². The molecule has 2 aromatic rings. The normalized spacial score (nSPS) is 10.2. The Morgan fingerprint density at radius 1 is 1.47 bits per heavy atom. The number of nitrogens with two attached hydrogens (primary N) is 1. The zero-order chi connectivity index (χ0) is 12.4. The lowest BCUT2D eigenvalue weighted by Gasteiger charge is -2.08. The minimum atomic E-state index is -0.491. The number of aromatic nitrogens is 3. The fourth-order valence-corrected chi connectivity index (χ4v) is 1.47. The van der Waals surface area contributed by atoms with Crippen LogP contribution in [0.4, 0.5) is 5.69 Å². The topological polar surface area (TPSA) is 83.0 Å². The molecule has 6 heteroatoms. The second kappa shape index (κ2) is 4.25. The van der Waals surface area contributed by atoms with Crippen molar-refractivity contribution < 1.29 is 9.53 Å². The predicted octanol–water partition coefficient (Wildman–Crippen LogP) is 0.945. The zero-order valence-electron chi connectivity index (χ0n) is 9.54. The zero-order valence-corrected chi connectivity index (χ0v) is 9.54. The number of pyridine rings is 1. The number of rotatable bonds is 2. The number of carbonyl (C=O) groups is 1. The first-order valence-corrected chi connectivity index (χ1v) is 4.99. The Bertz CT molecular complexity index is 562. The van der Waals surface area contributed by atoms with Gasteiger partial charge in [-0.2, -0.15) is 5.10 Å². The molecule has 2 heterocycles. The maximum Gasteiger partial charge on any atom is 0.340 e. The number of anilines is 1. The van der Waals surface area contributed by atoms with Crippen LogP contribution >= 0.6 is 0 Å². The highest BCUT2D eigenvalue weighted by Crippen LogP contribution is 2.19. The first kappa shape index (κ1) is 11.1. The maximum atomic E-state index is 11.5. The van der Waals surface area contributed by atoms with Crippen LogP contribution in [0.2, 0.25) is 0 Å². The fraction of sp³-hybridized carbons (Fsp3) is 0.182. The van der Waals surface area contributed by atoms with Gasteiger partial charge in [0.05, 0.1) is 24.1 Å². The highest BCUT2D eigenvalue weighted by Gasteiger charge is 2.15. The van der Waals surface area contributed by atoms with E-state index in [1.54, 1.807) is 6.20 Å². The third-order valence-corrected chi connectivity index (χ3v) is 2.31. The molecule has 17 heavy (non-hydrogen) atoms. The van der Waals surface area contributed by atoms with E-state index in [9.17, 15) is 4.79 Å². The molecule has 0 saturated heterocycles. The van der Waals surface area contributed by atoms with Crippen LogP contribution in [0.5, 0.6) is 0 Å². The number of nitrogen functional groups attached to an aromatic ring is 1. The number of aryl methyl sites for hydroxylation is 1. The van der Waals surface area contributed by atoms with Crippen molar-refractivity contribution in [3.8, 4) is 5.82 Å².